The molecule has 6 heavy (non-hydrogen) atoms. The molecule has 1 rings (SSSR count). The summed E-state index contributed by atoms with van der Waals surface area (Å²) in [5.41, 5.74) is 0. The number of amides is 1. The van der Waals surface area contributed by atoms with Crippen molar-refractivity contribution in [2.24, 2.45) is 0 Å². The molecule has 0 spiro atoms. The monoisotopic (exact) mass is 83.0 g/mol. The Morgan fingerprint density at radius 1 is 1.83 bits per heavy atom. The third kappa shape index (κ3) is 0.302. The Morgan fingerprint density at radius 2 is 2.50 bits per heavy atom. The summed E-state index contributed by atoms with van der Waals surface area (Å²) >= 11 is 0. The second kappa shape index (κ2) is 1.12. The van der Waals surface area contributed by atoms with Crippen LogP contribution < -0.4 is 0 Å². The molecule has 0 aliphatic carbocycles. The molecule has 0 radical (unpaired) electrons. The number of nitrogens with zero attached hydrogens (tertiary/aromatic N) is 1. The highest BCUT2D eigenvalue weighted by molar-refractivity contribution is 5.51. The molecule has 2 heteroatoms. The first-order chi connectivity index (χ1) is 2.93. The molecule has 1 aliphatic rings. The van der Waals surface area contributed by atoms with Crippen LogP contribution in [-0.2, 0) is 4.79 Å². The Hall–Kier alpha value is -0.790. The minimum atomic E-state index is 0.795. The summed E-state index contributed by atoms with van der Waals surface area (Å²) in [4.78, 5) is 11.2. The molecule has 2 nitrogen and oxygen atoms in total. The maximum absolute atomic E-state index is 9.66. The number of hydrogen-bond acceptors (Lipinski definition) is 1. The lowest BCUT2D eigenvalue weighted by Gasteiger charge is -2.15. The average Bonchev–Trinajstić information content (AvgIpc) is 1.31. The van der Waals surface area contributed by atoms with Gasteiger partial charge in [-0.1, -0.05) is 0 Å². The van der Waals surface area contributed by atoms with Crippen LogP contribution in [0.4, 0.5) is 0 Å². The average molecular weight is 83.1 g/mol. The number of rotatable bonds is 1. The van der Waals surface area contributed by atoms with Crippen LogP contribution in [0.25, 0.3) is 0 Å². The lowest BCUT2D eigenvalue weighted by molar-refractivity contribution is -0.116. The fourth-order valence-electron chi connectivity index (χ4n) is 0.305. The molecule has 1 heterocycles. The quantitative estimate of drug-likeness (QED) is 0.408. The molecule has 1 aliphatic heterocycles. The van der Waals surface area contributed by atoms with Gasteiger partial charge in [-0.15, -0.1) is 0 Å². The molecular formula is C4H5NO. The van der Waals surface area contributed by atoms with Crippen LogP contribution in [0.5, 0.6) is 0 Å². The van der Waals surface area contributed by atoms with Gasteiger partial charge in [-0.2, -0.15) is 0 Å². The van der Waals surface area contributed by atoms with Crippen LogP contribution in [0.3, 0.4) is 0 Å². The fourth-order valence-corrected chi connectivity index (χ4v) is 0.305. The first kappa shape index (κ1) is 3.40. The van der Waals surface area contributed by atoms with Gasteiger partial charge in [0.15, 0.2) is 0 Å². The third-order valence-corrected chi connectivity index (χ3v) is 0.749. The smallest absolute Gasteiger partial charge is 0.213 e. The molecule has 0 fully saturated rings. The standard InChI is InChI=1S/C4H5NO/c6-4-5-2-1-3-5/h1-2,4H,3H2. The van der Waals surface area contributed by atoms with E-state index in [1.54, 1.807) is 11.1 Å². The van der Waals surface area contributed by atoms with Crippen molar-refractivity contribution >= 4 is 6.41 Å². The summed E-state index contributed by atoms with van der Waals surface area (Å²) in [6.45, 7) is 0.795. The molecule has 0 saturated carbocycles. The topological polar surface area (TPSA) is 20.3 Å². The highest BCUT2D eigenvalue weighted by Crippen LogP contribution is 1.94. The van der Waals surface area contributed by atoms with Crippen molar-refractivity contribution in [2.75, 3.05) is 6.54 Å². The molecule has 1 amide bonds. The summed E-state index contributed by atoms with van der Waals surface area (Å²) in [5.74, 6) is 0. The maximum Gasteiger partial charge on any atom is 0.213 e. The minimum Gasteiger partial charge on any atom is -0.318 e. The van der Waals surface area contributed by atoms with Crippen LogP contribution in [0.1, 0.15) is 0 Å². The van der Waals surface area contributed by atoms with E-state index in [1.165, 1.54) is 0 Å². The van der Waals surface area contributed by atoms with Gasteiger partial charge >= 0.3 is 0 Å². The lowest BCUT2D eigenvalue weighted by Crippen LogP contribution is -2.21. The summed E-state index contributed by atoms with van der Waals surface area (Å²) in [6, 6.07) is 0. The molecule has 0 bridgehead atoms. The predicted octanol–water partition coefficient (Wildman–Crippen LogP) is -0.0279. The van der Waals surface area contributed by atoms with Crippen molar-refractivity contribution in [1.29, 1.82) is 0 Å². The first-order valence-corrected chi connectivity index (χ1v) is 1.81. The maximum atomic E-state index is 9.66. The van der Waals surface area contributed by atoms with Gasteiger partial charge in [-0.3, -0.25) is 4.79 Å². The van der Waals surface area contributed by atoms with E-state index in [1.807, 2.05) is 6.08 Å². The third-order valence-electron chi connectivity index (χ3n) is 0.749. The summed E-state index contributed by atoms with van der Waals surface area (Å²) in [6.07, 6.45) is 4.47. The van der Waals surface area contributed by atoms with Crippen molar-refractivity contribution in [2.45, 2.75) is 0 Å². The van der Waals surface area contributed by atoms with E-state index >= 15 is 0 Å². The zero-order valence-corrected chi connectivity index (χ0v) is 3.29. The zero-order chi connectivity index (χ0) is 4.41. The van der Waals surface area contributed by atoms with Gasteiger partial charge in [0, 0.05) is 12.7 Å². The highest BCUT2D eigenvalue weighted by atomic mass is 16.1. The molecule has 0 N–H and O–H groups in total. The molecule has 0 saturated heterocycles. The van der Waals surface area contributed by atoms with E-state index in [-0.39, 0.29) is 0 Å². The van der Waals surface area contributed by atoms with Crippen LogP contribution in [0.2, 0.25) is 0 Å². The van der Waals surface area contributed by atoms with Gasteiger partial charge in [0.05, 0.1) is 0 Å². The zero-order valence-electron chi connectivity index (χ0n) is 3.29. The van der Waals surface area contributed by atoms with Gasteiger partial charge in [0.2, 0.25) is 6.41 Å². The minimum absolute atomic E-state index is 0.795. The van der Waals surface area contributed by atoms with Crippen LogP contribution in [-0.4, -0.2) is 17.9 Å². The largest absolute Gasteiger partial charge is 0.318 e. The van der Waals surface area contributed by atoms with Gasteiger partial charge in [-0.25, -0.2) is 0 Å². The van der Waals surface area contributed by atoms with E-state index in [2.05, 4.69) is 0 Å². The molecule has 0 aromatic heterocycles. The van der Waals surface area contributed by atoms with E-state index in [0.717, 1.165) is 13.0 Å². The number of carbonyl (C=O) groups is 1. The molecular weight excluding hydrogens is 78.0 g/mol. The van der Waals surface area contributed by atoms with Crippen molar-refractivity contribution in [3.63, 3.8) is 0 Å². The Kier molecular flexibility index (Phi) is 0.638. The van der Waals surface area contributed by atoms with E-state index in [4.69, 9.17) is 0 Å². The van der Waals surface area contributed by atoms with Crippen LogP contribution in [0, 0.1) is 0 Å². The molecule has 0 atom stereocenters. The van der Waals surface area contributed by atoms with Crippen LogP contribution >= 0.6 is 0 Å². The van der Waals surface area contributed by atoms with E-state index < -0.39 is 0 Å². The van der Waals surface area contributed by atoms with Crippen molar-refractivity contribution in [1.82, 2.24) is 4.90 Å². The van der Waals surface area contributed by atoms with Crippen LogP contribution in [0.15, 0.2) is 12.3 Å². The Labute approximate surface area is 36.1 Å². The number of carbonyl (C=O) groups excluding carboxylic acids is 1. The Morgan fingerprint density at radius 3 is 2.50 bits per heavy atom. The molecule has 0 unspecified atom stereocenters. The number of hydrogen-bond donors (Lipinski definition) is 0. The van der Waals surface area contributed by atoms with E-state index in [0.29, 0.717) is 0 Å². The fraction of sp³-hybridized carbons (Fsp3) is 0.250. The summed E-state index contributed by atoms with van der Waals surface area (Å²) < 4.78 is 0. The normalized spacial score (nSPS) is 17.0. The molecule has 0 aromatic carbocycles. The first-order valence-electron chi connectivity index (χ1n) is 1.81. The Balaban J connectivity index is 2.39. The lowest BCUT2D eigenvalue weighted by atomic mass is 10.4. The summed E-state index contributed by atoms with van der Waals surface area (Å²) in [5, 5.41) is 0. The van der Waals surface area contributed by atoms with Crippen molar-refractivity contribution in [3.8, 4) is 0 Å². The van der Waals surface area contributed by atoms with Gasteiger partial charge < -0.3 is 4.90 Å². The highest BCUT2D eigenvalue weighted by Gasteiger charge is 1.98. The van der Waals surface area contributed by atoms with Gasteiger partial charge in [0.25, 0.3) is 0 Å². The van der Waals surface area contributed by atoms with Crippen molar-refractivity contribution < 1.29 is 4.79 Å². The molecule has 0 aromatic rings. The second-order valence-corrected chi connectivity index (χ2v) is 1.19. The molecule has 32 valence electrons. The SMILES string of the molecule is O=CN1C=CC1. The summed E-state index contributed by atoms with van der Waals surface area (Å²) in [7, 11) is 0. The van der Waals surface area contributed by atoms with E-state index in [9.17, 15) is 4.79 Å². The van der Waals surface area contributed by atoms with Crippen molar-refractivity contribution in [3.05, 3.63) is 12.3 Å². The second-order valence-electron chi connectivity index (χ2n) is 1.19. The van der Waals surface area contributed by atoms with Gasteiger partial charge in [-0.05, 0) is 6.08 Å². The van der Waals surface area contributed by atoms with Gasteiger partial charge in [0.1, 0.15) is 0 Å². The Bertz CT molecular complexity index is 87.5. The predicted molar refractivity (Wildman–Crippen MR) is 21.9 cm³/mol.